The predicted molar refractivity (Wildman–Crippen MR) is 80.2 cm³/mol. The van der Waals surface area contributed by atoms with Crippen molar-refractivity contribution in [3.8, 4) is 0 Å². The maximum Gasteiger partial charge on any atom is 0.241 e. The highest BCUT2D eigenvalue weighted by Gasteiger charge is 2.34. The first-order valence-electron chi connectivity index (χ1n) is 7.62. The molecule has 0 aromatic carbocycles. The number of aromatic nitrogens is 2. The molecular weight excluding hydrogens is 268 g/mol. The first kappa shape index (κ1) is 14.5. The van der Waals surface area contributed by atoms with Crippen molar-refractivity contribution in [2.24, 2.45) is 7.05 Å². The van der Waals surface area contributed by atoms with Gasteiger partial charge in [-0.1, -0.05) is 0 Å². The van der Waals surface area contributed by atoms with E-state index in [1.807, 2.05) is 18.1 Å². The Morgan fingerprint density at radius 2 is 2.24 bits per heavy atom. The summed E-state index contributed by atoms with van der Waals surface area (Å²) in [4.78, 5) is 16.4. The highest BCUT2D eigenvalue weighted by atomic mass is 16.5. The fourth-order valence-corrected chi connectivity index (χ4v) is 3.19. The molecule has 2 aliphatic rings. The Hall–Kier alpha value is -1.40. The quantitative estimate of drug-likeness (QED) is 0.835. The summed E-state index contributed by atoms with van der Waals surface area (Å²) in [5, 5.41) is 4.13. The number of rotatable bonds is 3. The molecule has 1 amide bonds. The van der Waals surface area contributed by atoms with Gasteiger partial charge in [0.2, 0.25) is 5.91 Å². The van der Waals surface area contributed by atoms with Crippen LogP contribution < -0.4 is 4.90 Å². The van der Waals surface area contributed by atoms with Crippen molar-refractivity contribution >= 4 is 11.6 Å². The topological polar surface area (TPSA) is 50.6 Å². The zero-order chi connectivity index (χ0) is 15.0. The summed E-state index contributed by atoms with van der Waals surface area (Å²) < 4.78 is 7.75. The third-order valence-electron chi connectivity index (χ3n) is 4.32. The number of anilines is 1. The molecule has 1 aromatic rings. The molecule has 0 saturated carbocycles. The standard InChI is InChI=1S/C15H24N4O2/c1-15(2)5-4-13(21-15)10-18-6-7-19(14(20)11-18)12-8-16-17(3)9-12/h8-9,13H,4-7,10-11H2,1-3H3/t13-/m1/s1. The summed E-state index contributed by atoms with van der Waals surface area (Å²) in [6, 6.07) is 0. The van der Waals surface area contributed by atoms with Gasteiger partial charge in [0, 0.05) is 32.9 Å². The Morgan fingerprint density at radius 3 is 2.81 bits per heavy atom. The van der Waals surface area contributed by atoms with Crippen LogP contribution in [0.25, 0.3) is 0 Å². The lowest BCUT2D eigenvalue weighted by atomic mass is 10.1. The second kappa shape index (κ2) is 5.42. The molecule has 0 radical (unpaired) electrons. The van der Waals surface area contributed by atoms with Crippen molar-refractivity contribution in [2.45, 2.75) is 38.4 Å². The maximum atomic E-state index is 12.3. The SMILES string of the molecule is Cn1cc(N2CCN(C[C@H]3CCC(C)(C)O3)CC2=O)cn1. The fraction of sp³-hybridized carbons (Fsp3) is 0.733. The van der Waals surface area contributed by atoms with E-state index in [2.05, 4.69) is 23.8 Å². The van der Waals surface area contributed by atoms with Crippen molar-refractivity contribution in [1.82, 2.24) is 14.7 Å². The summed E-state index contributed by atoms with van der Waals surface area (Å²) in [5.74, 6) is 0.145. The zero-order valence-corrected chi connectivity index (χ0v) is 13.1. The van der Waals surface area contributed by atoms with Crippen LogP contribution >= 0.6 is 0 Å². The van der Waals surface area contributed by atoms with E-state index in [0.717, 1.165) is 38.2 Å². The molecule has 3 heterocycles. The van der Waals surface area contributed by atoms with Crippen LogP contribution in [0.2, 0.25) is 0 Å². The maximum absolute atomic E-state index is 12.3. The third-order valence-corrected chi connectivity index (χ3v) is 4.32. The number of carbonyl (C=O) groups excluding carboxylic acids is 1. The summed E-state index contributed by atoms with van der Waals surface area (Å²) in [6.45, 7) is 7.21. The third kappa shape index (κ3) is 3.27. The van der Waals surface area contributed by atoms with Crippen LogP contribution in [0.15, 0.2) is 12.4 Å². The van der Waals surface area contributed by atoms with E-state index in [4.69, 9.17) is 4.74 Å². The van der Waals surface area contributed by atoms with Crippen molar-refractivity contribution in [2.75, 3.05) is 31.1 Å². The van der Waals surface area contributed by atoms with Crippen molar-refractivity contribution < 1.29 is 9.53 Å². The van der Waals surface area contributed by atoms with Crippen LogP contribution in [0.5, 0.6) is 0 Å². The molecule has 3 rings (SSSR count). The van der Waals surface area contributed by atoms with E-state index in [9.17, 15) is 4.79 Å². The number of nitrogens with zero attached hydrogens (tertiary/aromatic N) is 4. The lowest BCUT2D eigenvalue weighted by molar-refractivity contribution is -0.122. The minimum Gasteiger partial charge on any atom is -0.371 e. The number of aryl methyl sites for hydroxylation is 1. The van der Waals surface area contributed by atoms with E-state index < -0.39 is 0 Å². The smallest absolute Gasteiger partial charge is 0.241 e. The number of carbonyl (C=O) groups is 1. The molecule has 6 nitrogen and oxygen atoms in total. The van der Waals surface area contributed by atoms with Gasteiger partial charge in [-0.05, 0) is 26.7 Å². The van der Waals surface area contributed by atoms with E-state index in [1.54, 1.807) is 10.9 Å². The fourth-order valence-electron chi connectivity index (χ4n) is 3.19. The normalized spacial score (nSPS) is 26.5. The molecule has 1 aromatic heterocycles. The zero-order valence-electron chi connectivity index (χ0n) is 13.1. The number of hydrogen-bond donors (Lipinski definition) is 0. The Morgan fingerprint density at radius 1 is 1.43 bits per heavy atom. The van der Waals surface area contributed by atoms with Gasteiger partial charge in [0.1, 0.15) is 0 Å². The van der Waals surface area contributed by atoms with E-state index in [-0.39, 0.29) is 17.6 Å². The van der Waals surface area contributed by atoms with Gasteiger partial charge < -0.3 is 9.64 Å². The van der Waals surface area contributed by atoms with E-state index in [0.29, 0.717) is 6.54 Å². The van der Waals surface area contributed by atoms with Crippen LogP contribution in [0.3, 0.4) is 0 Å². The molecule has 1 atom stereocenters. The molecule has 0 unspecified atom stereocenters. The number of ether oxygens (including phenoxy) is 1. The monoisotopic (exact) mass is 292 g/mol. The van der Waals surface area contributed by atoms with Crippen molar-refractivity contribution in [1.29, 1.82) is 0 Å². The highest BCUT2D eigenvalue weighted by molar-refractivity contribution is 5.95. The molecule has 2 fully saturated rings. The van der Waals surface area contributed by atoms with Gasteiger partial charge in [-0.15, -0.1) is 0 Å². The van der Waals surface area contributed by atoms with Gasteiger partial charge in [0.25, 0.3) is 0 Å². The number of amides is 1. The molecule has 6 heteroatoms. The lowest BCUT2D eigenvalue weighted by Crippen LogP contribution is -2.52. The van der Waals surface area contributed by atoms with E-state index >= 15 is 0 Å². The number of piperazine rings is 1. The van der Waals surface area contributed by atoms with Gasteiger partial charge in [-0.2, -0.15) is 5.10 Å². The largest absolute Gasteiger partial charge is 0.371 e. The first-order chi connectivity index (χ1) is 9.93. The minimum absolute atomic E-state index is 0.00773. The van der Waals surface area contributed by atoms with Crippen molar-refractivity contribution in [3.63, 3.8) is 0 Å². The Balaban J connectivity index is 1.55. The van der Waals surface area contributed by atoms with Gasteiger partial charge in [0.15, 0.2) is 0 Å². The van der Waals surface area contributed by atoms with Gasteiger partial charge in [-0.3, -0.25) is 14.4 Å². The Kier molecular flexibility index (Phi) is 3.75. The van der Waals surface area contributed by atoms with Gasteiger partial charge >= 0.3 is 0 Å². The molecule has 2 aliphatic heterocycles. The minimum atomic E-state index is -0.00773. The molecule has 2 saturated heterocycles. The first-order valence-corrected chi connectivity index (χ1v) is 7.62. The molecule has 0 bridgehead atoms. The van der Waals surface area contributed by atoms with Crippen LogP contribution in [-0.2, 0) is 16.6 Å². The molecule has 0 N–H and O–H groups in total. The number of hydrogen-bond acceptors (Lipinski definition) is 4. The molecule has 0 aliphatic carbocycles. The summed E-state index contributed by atoms with van der Waals surface area (Å²) in [5.41, 5.74) is 0.882. The van der Waals surface area contributed by atoms with Gasteiger partial charge in [0.05, 0.1) is 30.1 Å². The molecule has 0 spiro atoms. The second-order valence-electron chi connectivity index (χ2n) is 6.69. The molecule has 116 valence electrons. The molecular formula is C15H24N4O2. The summed E-state index contributed by atoms with van der Waals surface area (Å²) in [7, 11) is 1.86. The summed E-state index contributed by atoms with van der Waals surface area (Å²) in [6.07, 6.45) is 6.08. The molecule has 21 heavy (non-hydrogen) atoms. The summed E-state index contributed by atoms with van der Waals surface area (Å²) >= 11 is 0. The van der Waals surface area contributed by atoms with Crippen molar-refractivity contribution in [3.05, 3.63) is 12.4 Å². The van der Waals surface area contributed by atoms with Crippen LogP contribution in [0.4, 0.5) is 5.69 Å². The Bertz CT molecular complexity index is 525. The van der Waals surface area contributed by atoms with Crippen LogP contribution in [-0.4, -0.2) is 58.5 Å². The lowest BCUT2D eigenvalue weighted by Gasteiger charge is -2.35. The predicted octanol–water partition coefficient (Wildman–Crippen LogP) is 1.03. The average molecular weight is 292 g/mol. The van der Waals surface area contributed by atoms with Gasteiger partial charge in [-0.25, -0.2) is 0 Å². The second-order valence-corrected chi connectivity index (χ2v) is 6.69. The Labute approximate surface area is 125 Å². The van der Waals surface area contributed by atoms with Crippen LogP contribution in [0, 0.1) is 0 Å². The highest BCUT2D eigenvalue weighted by Crippen LogP contribution is 2.30. The van der Waals surface area contributed by atoms with Crippen LogP contribution in [0.1, 0.15) is 26.7 Å². The average Bonchev–Trinajstić information content (AvgIpc) is 2.96. The van der Waals surface area contributed by atoms with E-state index in [1.165, 1.54) is 0 Å².